The number of carbonyl (C=O) groups is 1. The first-order valence-corrected chi connectivity index (χ1v) is 6.63. The lowest BCUT2D eigenvalue weighted by Crippen LogP contribution is -2.37. The molecule has 84 valence electrons. The van der Waals surface area contributed by atoms with Crippen molar-refractivity contribution in [3.05, 3.63) is 0 Å². The lowest BCUT2D eigenvalue weighted by atomic mass is 10.1. The molecule has 1 heterocycles. The fourth-order valence-electron chi connectivity index (χ4n) is 1.07. The number of nitrogens with one attached hydrogen (secondary N) is 1. The molecule has 0 aromatic carbocycles. The summed E-state index contributed by atoms with van der Waals surface area (Å²) >= 11 is 3.79. The van der Waals surface area contributed by atoms with Crippen LogP contribution in [0.25, 0.3) is 0 Å². The second-order valence-electron chi connectivity index (χ2n) is 2.85. The molecule has 0 radical (unpaired) electrons. The van der Waals surface area contributed by atoms with Crippen LogP contribution in [0.4, 0.5) is 0 Å². The molecule has 1 aliphatic rings. The molecule has 2 unspecified atom stereocenters. The van der Waals surface area contributed by atoms with Gasteiger partial charge in [0.15, 0.2) is 0 Å². The zero-order valence-electron chi connectivity index (χ0n) is 8.88. The summed E-state index contributed by atoms with van der Waals surface area (Å²) in [5, 5.41) is 2.83. The Balaban J connectivity index is 0.000000500. The zero-order chi connectivity index (χ0) is 10.8. The van der Waals surface area contributed by atoms with E-state index in [1.54, 1.807) is 0 Å². The maximum Gasteiger partial charge on any atom is 0.229 e. The van der Waals surface area contributed by atoms with Crippen LogP contribution in [-0.2, 0) is 9.32 Å². The first-order chi connectivity index (χ1) is 6.76. The summed E-state index contributed by atoms with van der Waals surface area (Å²) in [4.78, 5) is 11.1. The highest BCUT2D eigenvalue weighted by Crippen LogP contribution is 2.26. The van der Waals surface area contributed by atoms with Gasteiger partial charge in [-0.05, 0) is 25.5 Å². The largest absolute Gasteiger partial charge is 0.362 e. The van der Waals surface area contributed by atoms with Crippen molar-refractivity contribution < 1.29 is 9.32 Å². The van der Waals surface area contributed by atoms with Crippen molar-refractivity contribution in [3.63, 3.8) is 0 Å². The van der Waals surface area contributed by atoms with E-state index in [1.165, 1.54) is 0 Å². The number of carbonyl (C=O) groups excluding carboxylic acids is 1. The summed E-state index contributed by atoms with van der Waals surface area (Å²) in [6.07, 6.45) is 2.08. The van der Waals surface area contributed by atoms with Crippen molar-refractivity contribution in [2.75, 3.05) is 18.9 Å². The van der Waals surface area contributed by atoms with Crippen LogP contribution in [0.1, 0.15) is 26.7 Å². The molecule has 1 amide bonds. The molecule has 0 aromatic rings. The molecule has 5 heteroatoms. The lowest BCUT2D eigenvalue weighted by Gasteiger charge is -2.20. The summed E-state index contributed by atoms with van der Waals surface area (Å²) in [7, 11) is 0.350. The van der Waals surface area contributed by atoms with Gasteiger partial charge in [-0.15, -0.1) is 0 Å². The minimum absolute atomic E-state index is 0.128. The predicted molar refractivity (Wildman–Crippen MR) is 65.5 cm³/mol. The van der Waals surface area contributed by atoms with Crippen LogP contribution in [0, 0.1) is 0 Å². The molecule has 14 heavy (non-hydrogen) atoms. The van der Waals surface area contributed by atoms with Crippen molar-refractivity contribution >= 4 is 27.3 Å². The number of rotatable bonds is 3. The van der Waals surface area contributed by atoms with E-state index >= 15 is 0 Å². The van der Waals surface area contributed by atoms with Crippen LogP contribution in [0.15, 0.2) is 0 Å². The molecule has 1 fully saturated rings. The molecule has 1 saturated heterocycles. The van der Waals surface area contributed by atoms with E-state index in [-0.39, 0.29) is 11.6 Å². The minimum Gasteiger partial charge on any atom is -0.362 e. The van der Waals surface area contributed by atoms with E-state index in [1.807, 2.05) is 13.8 Å². The van der Waals surface area contributed by atoms with Crippen LogP contribution in [0.5, 0.6) is 0 Å². The third kappa shape index (κ3) is 6.63. The third-order valence-corrected chi connectivity index (χ3v) is 2.95. The van der Waals surface area contributed by atoms with Crippen LogP contribution in [0.2, 0.25) is 0 Å². The van der Waals surface area contributed by atoms with Crippen LogP contribution >= 0.6 is 21.4 Å². The Morgan fingerprint density at radius 3 is 2.79 bits per heavy atom. The van der Waals surface area contributed by atoms with Gasteiger partial charge in [-0.25, -0.2) is 0 Å². The second-order valence-corrected chi connectivity index (χ2v) is 4.71. The lowest BCUT2D eigenvalue weighted by molar-refractivity contribution is -0.121. The molecule has 1 rings (SSSR count). The fraction of sp³-hybridized carbons (Fsp3) is 0.889. The maximum atomic E-state index is 11.1. The first kappa shape index (κ1) is 14.2. The summed E-state index contributed by atoms with van der Waals surface area (Å²) < 4.78 is 5.21. The Morgan fingerprint density at radius 1 is 1.64 bits per heavy atom. The van der Waals surface area contributed by atoms with Gasteiger partial charge in [0.05, 0.1) is 5.66 Å². The molecular formula is C9H20NO2PS. The zero-order valence-corrected chi connectivity index (χ0v) is 10.8. The topological polar surface area (TPSA) is 38.3 Å². The molecule has 0 saturated carbocycles. The van der Waals surface area contributed by atoms with Crippen molar-refractivity contribution in [2.24, 2.45) is 0 Å². The Hall–Kier alpha value is 0.210. The van der Waals surface area contributed by atoms with Gasteiger partial charge >= 0.3 is 0 Å². The highest BCUT2D eigenvalue weighted by atomic mass is 32.1. The van der Waals surface area contributed by atoms with Gasteiger partial charge in [0.25, 0.3) is 0 Å². The highest BCUT2D eigenvalue weighted by Gasteiger charge is 2.21. The van der Waals surface area contributed by atoms with Gasteiger partial charge in [0.1, 0.15) is 0 Å². The van der Waals surface area contributed by atoms with Crippen LogP contribution < -0.4 is 5.32 Å². The summed E-state index contributed by atoms with van der Waals surface area (Å²) in [5.41, 5.74) is 0.128. The molecule has 0 spiro atoms. The molecule has 1 N–H and O–H groups in total. The number of piperidine rings is 1. The van der Waals surface area contributed by atoms with Crippen molar-refractivity contribution in [1.82, 2.24) is 5.32 Å². The van der Waals surface area contributed by atoms with E-state index < -0.39 is 0 Å². The van der Waals surface area contributed by atoms with Crippen molar-refractivity contribution in [1.29, 1.82) is 0 Å². The molecule has 0 aliphatic carbocycles. The Bertz CT molecular complexity index is 158. The van der Waals surface area contributed by atoms with Crippen molar-refractivity contribution in [3.8, 4) is 0 Å². The highest BCUT2D eigenvalue weighted by molar-refractivity contribution is 7.80. The minimum atomic E-state index is 0.128. The van der Waals surface area contributed by atoms with Gasteiger partial charge in [-0.2, -0.15) is 12.6 Å². The Morgan fingerprint density at radius 2 is 2.29 bits per heavy atom. The smallest absolute Gasteiger partial charge is 0.229 e. The van der Waals surface area contributed by atoms with Gasteiger partial charge < -0.3 is 9.84 Å². The van der Waals surface area contributed by atoms with E-state index in [2.05, 4.69) is 17.9 Å². The summed E-state index contributed by atoms with van der Waals surface area (Å²) in [5.74, 6) is 1.11. The molecular weight excluding hydrogens is 217 g/mol. The Kier molecular flexibility index (Phi) is 9.90. The summed E-state index contributed by atoms with van der Waals surface area (Å²) in [6, 6.07) is 0. The van der Waals surface area contributed by atoms with Gasteiger partial charge in [0.2, 0.25) is 5.91 Å². The monoisotopic (exact) mass is 237 g/mol. The second kappa shape index (κ2) is 9.75. The first-order valence-electron chi connectivity index (χ1n) is 5.02. The SMILES string of the molecule is CCOPC1CCCNC1=O.CCS. The molecule has 0 aromatic heterocycles. The average molecular weight is 237 g/mol. The van der Waals surface area contributed by atoms with E-state index in [4.69, 9.17) is 4.52 Å². The number of hydrogen-bond acceptors (Lipinski definition) is 3. The van der Waals surface area contributed by atoms with Gasteiger partial charge in [0, 0.05) is 22.0 Å². The van der Waals surface area contributed by atoms with Gasteiger partial charge in [-0.1, -0.05) is 6.92 Å². The van der Waals surface area contributed by atoms with Crippen molar-refractivity contribution in [2.45, 2.75) is 32.3 Å². The molecule has 1 aliphatic heterocycles. The third-order valence-electron chi connectivity index (χ3n) is 1.66. The van der Waals surface area contributed by atoms with E-state index in [9.17, 15) is 4.79 Å². The van der Waals surface area contributed by atoms with Crippen LogP contribution in [0.3, 0.4) is 0 Å². The quantitative estimate of drug-likeness (QED) is 0.580. The van der Waals surface area contributed by atoms with E-state index in [0.717, 1.165) is 25.1 Å². The standard InChI is InChI=1S/C7H14NO2P.C2H6S/c1-2-10-11-6-4-3-5-8-7(6)9;1-2-3/h6,11H,2-5H2,1H3,(H,8,9);3H,2H2,1H3. The fourth-order valence-corrected chi connectivity index (χ4v) is 1.97. The van der Waals surface area contributed by atoms with E-state index in [0.29, 0.717) is 15.4 Å². The summed E-state index contributed by atoms with van der Waals surface area (Å²) in [6.45, 7) is 5.49. The van der Waals surface area contributed by atoms with Crippen LogP contribution in [-0.4, -0.2) is 30.5 Å². The number of hydrogen-bond donors (Lipinski definition) is 2. The normalized spacial score (nSPS) is 21.6. The number of amides is 1. The van der Waals surface area contributed by atoms with Gasteiger partial charge in [-0.3, -0.25) is 4.79 Å². The molecule has 2 atom stereocenters. The Labute approximate surface area is 93.6 Å². The molecule has 3 nitrogen and oxygen atoms in total. The molecule has 0 bridgehead atoms. The predicted octanol–water partition coefficient (Wildman–Crippen LogP) is 1.83. The maximum absolute atomic E-state index is 11.1. The number of thiol groups is 1. The average Bonchev–Trinajstić information content (AvgIpc) is 2.18.